The van der Waals surface area contributed by atoms with Gasteiger partial charge in [-0.15, -0.1) is 0 Å². The third-order valence-electron chi connectivity index (χ3n) is 3.04. The predicted molar refractivity (Wildman–Crippen MR) is 92.1 cm³/mol. The van der Waals surface area contributed by atoms with E-state index in [0.29, 0.717) is 13.0 Å². The number of benzene rings is 2. The van der Waals surface area contributed by atoms with Gasteiger partial charge in [-0.2, -0.15) is 0 Å². The Balaban J connectivity index is 1.83. The molecule has 2 aromatic carbocycles. The lowest BCUT2D eigenvalue weighted by atomic mass is 10.2. The molecule has 5 heteroatoms. The molecule has 0 radical (unpaired) electrons. The summed E-state index contributed by atoms with van der Waals surface area (Å²) in [5.74, 6) is -0.0275. The third-order valence-corrected chi connectivity index (χ3v) is 3.95. The quantitative estimate of drug-likeness (QED) is 0.793. The second-order valence-corrected chi connectivity index (χ2v) is 5.97. The van der Waals surface area contributed by atoms with E-state index in [0.717, 1.165) is 26.4 Å². The molecule has 0 aromatic heterocycles. The zero-order valence-electron chi connectivity index (χ0n) is 11.6. The van der Waals surface area contributed by atoms with Gasteiger partial charge in [-0.25, -0.2) is 0 Å². The smallest absolute Gasteiger partial charge is 0.226 e. The van der Waals surface area contributed by atoms with E-state index in [1.165, 1.54) is 0 Å². The summed E-state index contributed by atoms with van der Waals surface area (Å²) in [5, 5.41) is 6.81. The fourth-order valence-electron chi connectivity index (χ4n) is 1.90. The Bertz CT molecular complexity index is 646. The molecule has 0 atom stereocenters. The second kappa shape index (κ2) is 7.48. The Morgan fingerprint density at radius 1 is 1.24 bits per heavy atom. The zero-order valence-corrected chi connectivity index (χ0v) is 14.0. The Kier molecular flexibility index (Phi) is 5.65. The number of rotatable bonds is 5. The first-order valence-electron chi connectivity index (χ1n) is 6.60. The van der Waals surface area contributed by atoms with Gasteiger partial charge in [0.25, 0.3) is 0 Å². The molecule has 0 spiro atoms. The van der Waals surface area contributed by atoms with Crippen molar-refractivity contribution < 1.29 is 4.79 Å². The van der Waals surface area contributed by atoms with Crippen molar-refractivity contribution in [3.05, 3.63) is 57.5 Å². The van der Waals surface area contributed by atoms with Crippen LogP contribution in [0.1, 0.15) is 12.0 Å². The molecule has 2 N–H and O–H groups in total. The zero-order chi connectivity index (χ0) is 15.2. The van der Waals surface area contributed by atoms with Gasteiger partial charge in [-0.1, -0.05) is 39.7 Å². The van der Waals surface area contributed by atoms with Crippen LogP contribution in [0.5, 0.6) is 0 Å². The molecule has 1 amide bonds. The Morgan fingerprint density at radius 2 is 2.00 bits per heavy atom. The molecule has 21 heavy (non-hydrogen) atoms. The van der Waals surface area contributed by atoms with Crippen molar-refractivity contribution in [1.82, 2.24) is 0 Å². The van der Waals surface area contributed by atoms with Crippen LogP contribution in [0.25, 0.3) is 0 Å². The third kappa shape index (κ3) is 4.76. The number of nitrogens with one attached hydrogen (secondary N) is 2. The van der Waals surface area contributed by atoms with Crippen molar-refractivity contribution in [2.75, 3.05) is 17.2 Å². The fourth-order valence-corrected chi connectivity index (χ4v) is 2.47. The Hall–Kier alpha value is -1.52. The van der Waals surface area contributed by atoms with E-state index < -0.39 is 0 Å². The monoisotopic (exact) mass is 366 g/mol. The molecule has 0 aliphatic carbocycles. The molecule has 2 aromatic rings. The van der Waals surface area contributed by atoms with Crippen molar-refractivity contribution in [2.45, 2.75) is 13.3 Å². The van der Waals surface area contributed by atoms with Gasteiger partial charge in [0, 0.05) is 33.8 Å². The molecule has 0 fully saturated rings. The topological polar surface area (TPSA) is 41.1 Å². The van der Waals surface area contributed by atoms with Crippen LogP contribution in [0.2, 0.25) is 5.02 Å². The number of amides is 1. The SMILES string of the molecule is Cc1c(Cl)cccc1NCCC(=O)Nc1cccc(Br)c1. The number of halogens is 2. The molecular weight excluding hydrogens is 352 g/mol. The van der Waals surface area contributed by atoms with Crippen molar-refractivity contribution in [3.8, 4) is 0 Å². The average Bonchev–Trinajstić information content (AvgIpc) is 2.43. The van der Waals surface area contributed by atoms with Gasteiger partial charge in [-0.3, -0.25) is 4.79 Å². The summed E-state index contributed by atoms with van der Waals surface area (Å²) in [5.41, 5.74) is 2.73. The number of anilines is 2. The van der Waals surface area contributed by atoms with Gasteiger partial charge in [0.05, 0.1) is 0 Å². The standard InChI is InChI=1S/C16H16BrClN2O/c1-11-14(18)6-3-7-15(11)19-9-8-16(21)20-13-5-2-4-12(17)10-13/h2-7,10,19H,8-9H2,1H3,(H,20,21). The molecule has 0 bridgehead atoms. The van der Waals surface area contributed by atoms with Crippen molar-refractivity contribution in [1.29, 1.82) is 0 Å². The van der Waals surface area contributed by atoms with Gasteiger partial charge in [-0.05, 0) is 42.8 Å². The highest BCUT2D eigenvalue weighted by Gasteiger charge is 2.04. The largest absolute Gasteiger partial charge is 0.384 e. The van der Waals surface area contributed by atoms with Crippen molar-refractivity contribution in [3.63, 3.8) is 0 Å². The van der Waals surface area contributed by atoms with Crippen LogP contribution in [0.4, 0.5) is 11.4 Å². The van der Waals surface area contributed by atoms with Gasteiger partial charge >= 0.3 is 0 Å². The van der Waals surface area contributed by atoms with E-state index in [1.807, 2.05) is 49.4 Å². The van der Waals surface area contributed by atoms with Crippen LogP contribution in [-0.2, 0) is 4.79 Å². The minimum atomic E-state index is -0.0275. The predicted octanol–water partition coefficient (Wildman–Crippen LogP) is 4.85. The van der Waals surface area contributed by atoms with Crippen LogP contribution in [0.15, 0.2) is 46.9 Å². The van der Waals surface area contributed by atoms with Crippen LogP contribution in [0.3, 0.4) is 0 Å². The van der Waals surface area contributed by atoms with E-state index >= 15 is 0 Å². The number of hydrogen-bond donors (Lipinski definition) is 2. The number of hydrogen-bond acceptors (Lipinski definition) is 2. The van der Waals surface area contributed by atoms with Crippen LogP contribution < -0.4 is 10.6 Å². The molecule has 3 nitrogen and oxygen atoms in total. The molecule has 0 aliphatic rings. The first-order valence-corrected chi connectivity index (χ1v) is 7.78. The van der Waals surface area contributed by atoms with Gasteiger partial charge < -0.3 is 10.6 Å². The summed E-state index contributed by atoms with van der Waals surface area (Å²) >= 11 is 9.43. The molecule has 0 unspecified atom stereocenters. The molecule has 0 heterocycles. The summed E-state index contributed by atoms with van der Waals surface area (Å²) in [6.07, 6.45) is 0.387. The number of carbonyl (C=O) groups is 1. The maximum absolute atomic E-state index is 11.9. The summed E-state index contributed by atoms with van der Waals surface area (Å²) in [7, 11) is 0. The van der Waals surface area contributed by atoms with E-state index in [4.69, 9.17) is 11.6 Å². The summed E-state index contributed by atoms with van der Waals surface area (Å²) in [4.78, 5) is 11.9. The van der Waals surface area contributed by atoms with Crippen molar-refractivity contribution >= 4 is 44.8 Å². The Labute approximate surface area is 137 Å². The molecule has 110 valence electrons. The molecule has 0 aliphatic heterocycles. The van der Waals surface area contributed by atoms with E-state index in [2.05, 4.69) is 26.6 Å². The molecule has 0 saturated heterocycles. The maximum atomic E-state index is 11.9. The van der Waals surface area contributed by atoms with Gasteiger partial charge in [0.1, 0.15) is 0 Å². The van der Waals surface area contributed by atoms with Crippen LogP contribution in [-0.4, -0.2) is 12.5 Å². The van der Waals surface area contributed by atoms with E-state index in [1.54, 1.807) is 0 Å². The second-order valence-electron chi connectivity index (χ2n) is 4.65. The van der Waals surface area contributed by atoms with Crippen molar-refractivity contribution in [2.24, 2.45) is 0 Å². The first-order chi connectivity index (χ1) is 10.1. The minimum absolute atomic E-state index is 0.0275. The Morgan fingerprint density at radius 3 is 2.76 bits per heavy atom. The fraction of sp³-hybridized carbons (Fsp3) is 0.188. The molecule has 0 saturated carbocycles. The lowest BCUT2D eigenvalue weighted by Gasteiger charge is -2.10. The maximum Gasteiger partial charge on any atom is 0.226 e. The minimum Gasteiger partial charge on any atom is -0.384 e. The summed E-state index contributed by atoms with van der Waals surface area (Å²) in [6.45, 7) is 2.51. The lowest BCUT2D eigenvalue weighted by Crippen LogP contribution is -2.16. The van der Waals surface area contributed by atoms with E-state index in [9.17, 15) is 4.79 Å². The van der Waals surface area contributed by atoms with Crippen LogP contribution in [0, 0.1) is 6.92 Å². The van der Waals surface area contributed by atoms with Crippen LogP contribution >= 0.6 is 27.5 Å². The molecular formula is C16H16BrClN2O. The van der Waals surface area contributed by atoms with E-state index in [-0.39, 0.29) is 5.91 Å². The first kappa shape index (κ1) is 15.9. The average molecular weight is 368 g/mol. The normalized spacial score (nSPS) is 10.2. The summed E-state index contributed by atoms with van der Waals surface area (Å²) < 4.78 is 0.938. The van der Waals surface area contributed by atoms with Gasteiger partial charge in [0.2, 0.25) is 5.91 Å². The lowest BCUT2D eigenvalue weighted by molar-refractivity contribution is -0.115. The highest BCUT2D eigenvalue weighted by atomic mass is 79.9. The van der Waals surface area contributed by atoms with Gasteiger partial charge in [0.15, 0.2) is 0 Å². The highest BCUT2D eigenvalue weighted by molar-refractivity contribution is 9.10. The highest BCUT2D eigenvalue weighted by Crippen LogP contribution is 2.22. The summed E-state index contributed by atoms with van der Waals surface area (Å²) in [6, 6.07) is 13.2. The molecule has 2 rings (SSSR count). The number of carbonyl (C=O) groups excluding carboxylic acids is 1.